The minimum absolute atomic E-state index is 0.487. The van der Waals surface area contributed by atoms with Crippen LogP contribution in [0.5, 0.6) is 0 Å². The van der Waals surface area contributed by atoms with Crippen molar-refractivity contribution in [2.45, 2.75) is 37.7 Å². The Bertz CT molecular complexity index is 688. The zero-order valence-electron chi connectivity index (χ0n) is 13.6. The standard InChI is InChI=1S/C20H22N2O2/c23-19(17-9-5-2-6-10-17)20(24)22-21-18-13-11-16(12-14-18)15-7-3-1-4-8-15/h1-10,16,19,23H,11-14H2,(H,22,24). The van der Waals surface area contributed by atoms with Crippen LogP contribution in [-0.2, 0) is 4.79 Å². The van der Waals surface area contributed by atoms with Crippen molar-refractivity contribution in [3.8, 4) is 0 Å². The summed E-state index contributed by atoms with van der Waals surface area (Å²) >= 11 is 0. The maximum Gasteiger partial charge on any atom is 0.273 e. The fraction of sp³-hybridized carbons (Fsp3) is 0.300. The molecule has 1 amide bonds. The maximum absolute atomic E-state index is 12.0. The quantitative estimate of drug-likeness (QED) is 0.846. The third-order valence-electron chi connectivity index (χ3n) is 4.52. The van der Waals surface area contributed by atoms with Crippen LogP contribution >= 0.6 is 0 Å². The summed E-state index contributed by atoms with van der Waals surface area (Å²) in [6.07, 6.45) is 2.65. The SMILES string of the molecule is O=C(NN=C1CCC(c2ccccc2)CC1)C(O)c1ccccc1. The first kappa shape index (κ1) is 16.4. The summed E-state index contributed by atoms with van der Waals surface area (Å²) in [5.74, 6) is 0.0784. The van der Waals surface area contributed by atoms with E-state index in [0.29, 0.717) is 11.5 Å². The lowest BCUT2D eigenvalue weighted by Gasteiger charge is -2.23. The van der Waals surface area contributed by atoms with E-state index in [9.17, 15) is 9.90 Å². The molecule has 1 aliphatic carbocycles. The Hall–Kier alpha value is -2.46. The van der Waals surface area contributed by atoms with E-state index in [0.717, 1.165) is 31.4 Å². The number of hydrogen-bond acceptors (Lipinski definition) is 3. The van der Waals surface area contributed by atoms with Crippen LogP contribution in [0.1, 0.15) is 48.8 Å². The van der Waals surface area contributed by atoms with Crippen molar-refractivity contribution in [1.82, 2.24) is 5.43 Å². The summed E-state index contributed by atoms with van der Waals surface area (Å²) in [6.45, 7) is 0. The minimum Gasteiger partial charge on any atom is -0.378 e. The van der Waals surface area contributed by atoms with Crippen molar-refractivity contribution in [2.75, 3.05) is 0 Å². The number of benzene rings is 2. The van der Waals surface area contributed by atoms with Crippen LogP contribution in [0.25, 0.3) is 0 Å². The molecule has 2 aromatic carbocycles. The third-order valence-corrected chi connectivity index (χ3v) is 4.52. The number of aliphatic hydroxyl groups is 1. The molecule has 24 heavy (non-hydrogen) atoms. The molecule has 0 aliphatic heterocycles. The van der Waals surface area contributed by atoms with Gasteiger partial charge in [-0.2, -0.15) is 5.10 Å². The smallest absolute Gasteiger partial charge is 0.273 e. The van der Waals surface area contributed by atoms with Crippen molar-refractivity contribution in [3.63, 3.8) is 0 Å². The summed E-state index contributed by atoms with van der Waals surface area (Å²) in [7, 11) is 0. The molecule has 3 rings (SSSR count). The van der Waals surface area contributed by atoms with Gasteiger partial charge in [0.05, 0.1) is 0 Å². The van der Waals surface area contributed by atoms with Crippen LogP contribution in [0.15, 0.2) is 65.8 Å². The molecule has 0 saturated heterocycles. The first-order valence-electron chi connectivity index (χ1n) is 8.37. The lowest BCUT2D eigenvalue weighted by atomic mass is 9.83. The Balaban J connectivity index is 1.52. The molecule has 4 heteroatoms. The fourth-order valence-corrected chi connectivity index (χ4v) is 3.10. The van der Waals surface area contributed by atoms with Gasteiger partial charge in [0.15, 0.2) is 6.10 Å². The molecule has 0 aromatic heterocycles. The molecule has 1 saturated carbocycles. The zero-order chi connectivity index (χ0) is 16.8. The van der Waals surface area contributed by atoms with Crippen molar-refractivity contribution >= 4 is 11.6 Å². The monoisotopic (exact) mass is 322 g/mol. The largest absolute Gasteiger partial charge is 0.378 e. The first-order chi connectivity index (χ1) is 11.7. The van der Waals surface area contributed by atoms with E-state index in [1.807, 2.05) is 12.1 Å². The van der Waals surface area contributed by atoms with E-state index in [-0.39, 0.29) is 0 Å². The number of carbonyl (C=O) groups excluding carboxylic acids is 1. The van der Waals surface area contributed by atoms with Crippen LogP contribution in [0.4, 0.5) is 0 Å². The molecule has 0 bridgehead atoms. The van der Waals surface area contributed by atoms with Crippen LogP contribution in [-0.4, -0.2) is 16.7 Å². The summed E-state index contributed by atoms with van der Waals surface area (Å²) in [4.78, 5) is 12.0. The van der Waals surface area contributed by atoms with Crippen LogP contribution in [0.2, 0.25) is 0 Å². The highest BCUT2D eigenvalue weighted by Crippen LogP contribution is 2.31. The van der Waals surface area contributed by atoms with Gasteiger partial charge in [-0.1, -0.05) is 60.7 Å². The second kappa shape index (κ2) is 7.88. The number of aliphatic hydroxyl groups excluding tert-OH is 1. The Morgan fingerprint density at radius 3 is 2.21 bits per heavy atom. The highest BCUT2D eigenvalue weighted by atomic mass is 16.3. The molecule has 1 unspecified atom stereocenters. The van der Waals surface area contributed by atoms with Crippen LogP contribution in [0, 0.1) is 0 Å². The molecule has 0 spiro atoms. The molecule has 1 atom stereocenters. The van der Waals surface area contributed by atoms with Gasteiger partial charge in [-0.15, -0.1) is 0 Å². The Morgan fingerprint density at radius 2 is 1.58 bits per heavy atom. The molecule has 124 valence electrons. The van der Waals surface area contributed by atoms with Crippen molar-refractivity contribution in [1.29, 1.82) is 0 Å². The summed E-state index contributed by atoms with van der Waals surface area (Å²) < 4.78 is 0. The number of hydrazone groups is 1. The Morgan fingerprint density at radius 1 is 1.00 bits per heavy atom. The van der Waals surface area contributed by atoms with E-state index in [4.69, 9.17) is 0 Å². The average Bonchev–Trinajstić information content (AvgIpc) is 2.67. The number of amides is 1. The number of rotatable bonds is 4. The van der Waals surface area contributed by atoms with E-state index in [2.05, 4.69) is 34.8 Å². The number of nitrogens with one attached hydrogen (secondary N) is 1. The van der Waals surface area contributed by atoms with Gasteiger partial charge in [-0.3, -0.25) is 4.79 Å². The predicted octanol–water partition coefficient (Wildman–Crippen LogP) is 3.55. The zero-order valence-corrected chi connectivity index (χ0v) is 13.6. The maximum atomic E-state index is 12.0. The molecule has 1 fully saturated rings. The van der Waals surface area contributed by atoms with Crippen molar-refractivity contribution in [3.05, 3.63) is 71.8 Å². The molecule has 2 N–H and O–H groups in total. The summed E-state index contributed by atoms with van der Waals surface area (Å²) in [5, 5.41) is 14.2. The van der Waals surface area contributed by atoms with Gasteiger partial charge in [-0.05, 0) is 42.7 Å². The molecule has 2 aromatic rings. The van der Waals surface area contributed by atoms with Gasteiger partial charge >= 0.3 is 0 Å². The molecular weight excluding hydrogens is 300 g/mol. The lowest BCUT2D eigenvalue weighted by Crippen LogP contribution is -2.27. The summed E-state index contributed by atoms with van der Waals surface area (Å²) in [5.41, 5.74) is 5.45. The van der Waals surface area contributed by atoms with Gasteiger partial charge in [0.25, 0.3) is 5.91 Å². The minimum atomic E-state index is -1.18. The van der Waals surface area contributed by atoms with E-state index in [1.165, 1.54) is 5.56 Å². The summed E-state index contributed by atoms with van der Waals surface area (Å²) in [6, 6.07) is 19.4. The lowest BCUT2D eigenvalue weighted by molar-refractivity contribution is -0.129. The fourth-order valence-electron chi connectivity index (χ4n) is 3.10. The predicted molar refractivity (Wildman–Crippen MR) is 94.6 cm³/mol. The van der Waals surface area contributed by atoms with E-state index >= 15 is 0 Å². The molecule has 0 radical (unpaired) electrons. The van der Waals surface area contributed by atoms with Gasteiger partial charge in [-0.25, -0.2) is 5.43 Å². The molecule has 1 aliphatic rings. The molecule has 4 nitrogen and oxygen atoms in total. The van der Waals surface area contributed by atoms with Gasteiger partial charge in [0.2, 0.25) is 0 Å². The number of carbonyl (C=O) groups is 1. The third kappa shape index (κ3) is 4.09. The highest BCUT2D eigenvalue weighted by Gasteiger charge is 2.20. The first-order valence-corrected chi connectivity index (χ1v) is 8.37. The second-order valence-electron chi connectivity index (χ2n) is 6.15. The molecular formula is C20H22N2O2. The molecule has 0 heterocycles. The highest BCUT2D eigenvalue weighted by molar-refractivity contribution is 5.88. The van der Waals surface area contributed by atoms with Crippen LogP contribution < -0.4 is 5.43 Å². The van der Waals surface area contributed by atoms with E-state index in [1.54, 1.807) is 24.3 Å². The van der Waals surface area contributed by atoms with Gasteiger partial charge in [0, 0.05) is 5.71 Å². The average molecular weight is 322 g/mol. The van der Waals surface area contributed by atoms with Gasteiger partial charge in [0.1, 0.15) is 0 Å². The van der Waals surface area contributed by atoms with Crippen molar-refractivity contribution < 1.29 is 9.90 Å². The van der Waals surface area contributed by atoms with Gasteiger partial charge < -0.3 is 5.11 Å². The number of hydrogen-bond donors (Lipinski definition) is 2. The van der Waals surface area contributed by atoms with E-state index < -0.39 is 12.0 Å². The van der Waals surface area contributed by atoms with Crippen molar-refractivity contribution in [2.24, 2.45) is 5.10 Å². The second-order valence-corrected chi connectivity index (χ2v) is 6.15. The Kier molecular flexibility index (Phi) is 5.39. The number of nitrogens with zero attached hydrogens (tertiary/aromatic N) is 1. The van der Waals surface area contributed by atoms with Crippen LogP contribution in [0.3, 0.4) is 0 Å². The topological polar surface area (TPSA) is 61.7 Å². The normalized spacial score (nSPS) is 18.7. The Labute approximate surface area is 142 Å².